The Bertz CT molecular complexity index is 1500. The van der Waals surface area contributed by atoms with Gasteiger partial charge in [0, 0.05) is 12.6 Å². The second-order valence-corrected chi connectivity index (χ2v) is 9.23. The van der Waals surface area contributed by atoms with Gasteiger partial charge in [0.2, 0.25) is 0 Å². The minimum absolute atomic E-state index is 0.106. The predicted octanol–water partition coefficient (Wildman–Crippen LogP) is 5.73. The first kappa shape index (κ1) is 25.8. The number of thioether (sulfide) groups is 1. The number of nitrogens with zero attached hydrogens (tertiary/aromatic N) is 3. The molecule has 1 N–H and O–H groups in total. The van der Waals surface area contributed by atoms with Crippen LogP contribution in [0.3, 0.4) is 0 Å². The Labute approximate surface area is 222 Å². The molecule has 3 aromatic carbocycles. The number of rotatable bonds is 7. The Balaban J connectivity index is 1.58. The highest BCUT2D eigenvalue weighted by Gasteiger charge is 2.30. The molecule has 1 aliphatic heterocycles. The van der Waals surface area contributed by atoms with Gasteiger partial charge in [0.25, 0.3) is 5.91 Å². The molecule has 1 fully saturated rings. The number of nitriles is 1. The molecule has 1 heterocycles. The smallest absolute Gasteiger partial charge is 0.335 e. The average Bonchev–Trinajstić information content (AvgIpc) is 3.15. The molecule has 0 atom stereocenters. The minimum atomic E-state index is -1.06. The van der Waals surface area contributed by atoms with Gasteiger partial charge in [-0.3, -0.25) is 9.69 Å². The fourth-order valence-electron chi connectivity index (χ4n) is 3.49. The van der Waals surface area contributed by atoms with Crippen LogP contribution >= 0.6 is 23.4 Å². The second-order valence-electron chi connectivity index (χ2n) is 7.82. The zero-order valence-corrected chi connectivity index (χ0v) is 21.3. The lowest BCUT2D eigenvalue weighted by molar-refractivity contribution is -0.121. The number of benzene rings is 3. The molecule has 186 valence electrons. The van der Waals surface area contributed by atoms with Crippen molar-refractivity contribution in [2.45, 2.75) is 6.61 Å². The third-order valence-corrected chi connectivity index (χ3v) is 6.72. The summed E-state index contributed by atoms with van der Waals surface area (Å²) in [4.78, 5) is 30.3. The highest BCUT2D eigenvalue weighted by molar-refractivity contribution is 8.18. The Hall–Kier alpha value is -4.26. The fraction of sp³-hybridized carbons (Fsp3) is 0.111. The van der Waals surface area contributed by atoms with Gasteiger partial charge in [0.1, 0.15) is 6.61 Å². The number of amides is 1. The van der Waals surface area contributed by atoms with Crippen molar-refractivity contribution in [2.75, 3.05) is 14.2 Å². The molecule has 0 unspecified atom stereocenters. The Morgan fingerprint density at radius 3 is 2.73 bits per heavy atom. The van der Waals surface area contributed by atoms with Crippen LogP contribution in [0.25, 0.3) is 6.08 Å². The van der Waals surface area contributed by atoms with Crippen LogP contribution in [0.5, 0.6) is 11.5 Å². The number of ether oxygens (including phenoxy) is 2. The molecule has 3 aromatic rings. The number of carboxylic acid groups (broad SMARTS) is 1. The van der Waals surface area contributed by atoms with E-state index in [0.717, 1.165) is 11.8 Å². The van der Waals surface area contributed by atoms with E-state index in [-0.39, 0.29) is 23.1 Å². The van der Waals surface area contributed by atoms with E-state index in [2.05, 4.69) is 11.1 Å². The lowest BCUT2D eigenvalue weighted by atomic mass is 10.1. The van der Waals surface area contributed by atoms with Gasteiger partial charge in [-0.25, -0.2) is 9.79 Å². The Kier molecular flexibility index (Phi) is 7.82. The first-order chi connectivity index (χ1) is 17.8. The van der Waals surface area contributed by atoms with Gasteiger partial charge in [0.15, 0.2) is 16.7 Å². The van der Waals surface area contributed by atoms with Crippen LogP contribution in [0.2, 0.25) is 5.02 Å². The molecule has 1 aliphatic rings. The molecule has 1 saturated heterocycles. The van der Waals surface area contributed by atoms with Gasteiger partial charge in [-0.15, -0.1) is 0 Å². The van der Waals surface area contributed by atoms with Crippen molar-refractivity contribution in [3.63, 3.8) is 0 Å². The first-order valence-corrected chi connectivity index (χ1v) is 12.1. The highest BCUT2D eigenvalue weighted by Crippen LogP contribution is 2.39. The fourth-order valence-corrected chi connectivity index (χ4v) is 4.75. The number of methoxy groups -OCH3 is 1. The second kappa shape index (κ2) is 11.2. The number of hydrogen-bond acceptors (Lipinski definition) is 7. The van der Waals surface area contributed by atoms with Crippen LogP contribution in [0.4, 0.5) is 5.69 Å². The monoisotopic (exact) mass is 533 g/mol. The van der Waals surface area contributed by atoms with Gasteiger partial charge in [0.05, 0.1) is 39.9 Å². The summed E-state index contributed by atoms with van der Waals surface area (Å²) in [5.74, 6) is -0.626. The van der Waals surface area contributed by atoms with Crippen molar-refractivity contribution in [3.05, 3.63) is 92.8 Å². The maximum Gasteiger partial charge on any atom is 0.335 e. The zero-order chi connectivity index (χ0) is 26.5. The summed E-state index contributed by atoms with van der Waals surface area (Å²) in [6, 6.07) is 18.8. The van der Waals surface area contributed by atoms with Gasteiger partial charge in [-0.1, -0.05) is 35.9 Å². The quantitative estimate of drug-likeness (QED) is 0.386. The topological polar surface area (TPSA) is 112 Å². The van der Waals surface area contributed by atoms with Crippen LogP contribution in [-0.4, -0.2) is 41.2 Å². The normalized spacial score (nSPS) is 15.2. The third-order valence-electron chi connectivity index (χ3n) is 5.38. The molecule has 10 heteroatoms. The van der Waals surface area contributed by atoms with E-state index in [1.807, 2.05) is 6.07 Å². The maximum absolute atomic E-state index is 12.9. The number of amidine groups is 1. The largest absolute Gasteiger partial charge is 0.493 e. The van der Waals surface area contributed by atoms with Crippen LogP contribution in [0.1, 0.15) is 27.0 Å². The number of aromatic carboxylic acids is 1. The number of hydrogen-bond donors (Lipinski definition) is 1. The van der Waals surface area contributed by atoms with E-state index < -0.39 is 5.97 Å². The summed E-state index contributed by atoms with van der Waals surface area (Å²) in [6.45, 7) is 0.127. The molecule has 0 saturated carbocycles. The summed E-state index contributed by atoms with van der Waals surface area (Å²) in [5.41, 5.74) is 2.37. The van der Waals surface area contributed by atoms with E-state index in [4.69, 9.17) is 21.1 Å². The van der Waals surface area contributed by atoms with Crippen molar-refractivity contribution in [1.29, 1.82) is 5.26 Å². The Morgan fingerprint density at radius 2 is 2.00 bits per heavy atom. The third kappa shape index (κ3) is 5.77. The average molecular weight is 534 g/mol. The van der Waals surface area contributed by atoms with E-state index in [1.165, 1.54) is 24.1 Å². The van der Waals surface area contributed by atoms with E-state index in [1.54, 1.807) is 55.6 Å². The maximum atomic E-state index is 12.9. The molecule has 0 spiro atoms. The molecular formula is C27H20ClN3O5S. The zero-order valence-electron chi connectivity index (χ0n) is 19.8. The van der Waals surface area contributed by atoms with Crippen molar-refractivity contribution in [1.82, 2.24) is 4.90 Å². The van der Waals surface area contributed by atoms with E-state index in [9.17, 15) is 20.0 Å². The lowest BCUT2D eigenvalue weighted by Gasteiger charge is -2.14. The number of carbonyl (C=O) groups is 2. The number of aliphatic imine (C=N–C) groups is 1. The van der Waals surface area contributed by atoms with Gasteiger partial charge in [-0.2, -0.15) is 5.26 Å². The number of carbonyl (C=O) groups excluding carboxylic acids is 1. The molecular weight excluding hydrogens is 514 g/mol. The van der Waals surface area contributed by atoms with Crippen LogP contribution in [0.15, 0.2) is 70.6 Å². The Morgan fingerprint density at radius 1 is 1.22 bits per heavy atom. The summed E-state index contributed by atoms with van der Waals surface area (Å²) in [7, 11) is 3.08. The van der Waals surface area contributed by atoms with Crippen molar-refractivity contribution in [2.24, 2.45) is 4.99 Å². The molecule has 0 aliphatic carbocycles. The van der Waals surface area contributed by atoms with Crippen LogP contribution in [0, 0.1) is 11.3 Å². The van der Waals surface area contributed by atoms with Crippen molar-refractivity contribution >= 4 is 52.2 Å². The van der Waals surface area contributed by atoms with Crippen molar-refractivity contribution < 1.29 is 24.2 Å². The number of carboxylic acids is 1. The van der Waals surface area contributed by atoms with Gasteiger partial charge < -0.3 is 14.6 Å². The first-order valence-electron chi connectivity index (χ1n) is 10.9. The summed E-state index contributed by atoms with van der Waals surface area (Å²) in [5, 5.41) is 19.2. The lowest BCUT2D eigenvalue weighted by Crippen LogP contribution is -2.23. The summed E-state index contributed by atoms with van der Waals surface area (Å²) >= 11 is 7.67. The molecule has 1 amide bonds. The predicted molar refractivity (Wildman–Crippen MR) is 142 cm³/mol. The SMILES string of the molecule is COc1cc(/C=C2\SC(=Nc3cccc(C(=O)O)c3)N(C)C2=O)cc(Cl)c1OCc1ccccc1C#N. The molecule has 0 radical (unpaired) electrons. The standard InChI is InChI=1S/C27H20ClN3O5S/c1-31-25(32)23(37-27(31)30-20-9-5-8-17(13-20)26(33)34)12-16-10-21(28)24(22(11-16)35-2)36-15-19-7-4-3-6-18(19)14-29/h3-13H,15H2,1-2H3,(H,33,34)/b23-12-,30-27?. The molecule has 0 bridgehead atoms. The summed E-state index contributed by atoms with van der Waals surface area (Å²) in [6.07, 6.45) is 1.67. The van der Waals surface area contributed by atoms with Gasteiger partial charge in [-0.05, 0) is 59.8 Å². The minimum Gasteiger partial charge on any atom is -0.493 e. The molecule has 4 rings (SSSR count). The summed E-state index contributed by atoms with van der Waals surface area (Å²) < 4.78 is 11.4. The van der Waals surface area contributed by atoms with Gasteiger partial charge >= 0.3 is 5.97 Å². The molecule has 0 aromatic heterocycles. The number of halogens is 1. The number of likely N-dealkylation sites (N-methyl/N-ethyl adjacent to an activating group) is 1. The van der Waals surface area contributed by atoms with E-state index >= 15 is 0 Å². The van der Waals surface area contributed by atoms with E-state index in [0.29, 0.717) is 43.9 Å². The highest BCUT2D eigenvalue weighted by atomic mass is 35.5. The van der Waals surface area contributed by atoms with Crippen LogP contribution in [-0.2, 0) is 11.4 Å². The van der Waals surface area contributed by atoms with Crippen molar-refractivity contribution in [3.8, 4) is 17.6 Å². The molecule has 37 heavy (non-hydrogen) atoms. The van der Waals surface area contributed by atoms with Crippen LogP contribution < -0.4 is 9.47 Å². The molecule has 8 nitrogen and oxygen atoms in total.